The molecule has 2 N–H and O–H groups in total. The number of hydrogen-bond acceptors (Lipinski definition) is 3. The number of aliphatic imine (C=N–C) groups is 1. The highest BCUT2D eigenvalue weighted by Gasteiger charge is 2.23. The van der Waals surface area contributed by atoms with Gasteiger partial charge in [-0.2, -0.15) is 0 Å². The molecule has 1 atom stereocenters. The molecule has 0 bridgehead atoms. The Labute approximate surface area is 106 Å². The zero-order valence-corrected chi connectivity index (χ0v) is 11.6. The first-order chi connectivity index (χ1) is 8.29. The summed E-state index contributed by atoms with van der Waals surface area (Å²) in [6, 6.07) is 0.579. The topological polar surface area (TPSA) is 41.6 Å². The van der Waals surface area contributed by atoms with Crippen molar-refractivity contribution < 1.29 is 0 Å². The molecule has 1 unspecified atom stereocenters. The summed E-state index contributed by atoms with van der Waals surface area (Å²) >= 11 is 0. The van der Waals surface area contributed by atoms with E-state index in [1.807, 2.05) is 0 Å². The molecule has 17 heavy (non-hydrogen) atoms. The Balaban J connectivity index is 2.00. The quantitative estimate of drug-likeness (QED) is 0.628. The maximum Gasteiger partial charge on any atom is 0.191 e. The highest BCUT2D eigenvalue weighted by Crippen LogP contribution is 2.16. The third-order valence-electron chi connectivity index (χ3n) is 3.68. The predicted molar refractivity (Wildman–Crippen MR) is 75.3 cm³/mol. The molecule has 0 saturated carbocycles. The molecule has 1 aliphatic rings. The number of unbranched alkanes of at least 4 members (excludes halogenated alkanes) is 6. The lowest BCUT2D eigenvalue weighted by atomic mass is 10.0. The summed E-state index contributed by atoms with van der Waals surface area (Å²) in [6.45, 7) is 6.33. The number of rotatable bonds is 9. The van der Waals surface area contributed by atoms with Gasteiger partial charge in [0.15, 0.2) is 5.96 Å². The molecule has 1 aliphatic heterocycles. The van der Waals surface area contributed by atoms with Crippen LogP contribution in [0, 0.1) is 0 Å². The van der Waals surface area contributed by atoms with E-state index in [4.69, 9.17) is 5.73 Å². The van der Waals surface area contributed by atoms with Crippen molar-refractivity contribution in [2.45, 2.75) is 71.3 Å². The normalized spacial score (nSPS) is 19.8. The Morgan fingerprint density at radius 3 is 2.41 bits per heavy atom. The molecule has 0 radical (unpaired) electrons. The average Bonchev–Trinajstić information content (AvgIpc) is 2.69. The molecule has 0 aromatic rings. The van der Waals surface area contributed by atoms with Gasteiger partial charge in [0.1, 0.15) is 0 Å². The van der Waals surface area contributed by atoms with Gasteiger partial charge in [0.25, 0.3) is 0 Å². The van der Waals surface area contributed by atoms with Crippen LogP contribution in [-0.2, 0) is 0 Å². The number of hydrogen-bond donors (Lipinski definition) is 1. The van der Waals surface area contributed by atoms with Gasteiger partial charge >= 0.3 is 0 Å². The molecule has 3 nitrogen and oxygen atoms in total. The highest BCUT2D eigenvalue weighted by molar-refractivity contribution is 5.80. The van der Waals surface area contributed by atoms with E-state index in [1.54, 1.807) is 0 Å². The predicted octanol–water partition coefficient (Wildman–Crippen LogP) is 3.15. The summed E-state index contributed by atoms with van der Waals surface area (Å²) in [5.74, 6) is 0.750. The molecule has 0 aromatic heterocycles. The van der Waals surface area contributed by atoms with E-state index in [-0.39, 0.29) is 0 Å². The van der Waals surface area contributed by atoms with Crippen LogP contribution in [0.15, 0.2) is 4.99 Å². The number of nitrogens with zero attached hydrogens (tertiary/aromatic N) is 2. The van der Waals surface area contributed by atoms with Crippen molar-refractivity contribution in [3.63, 3.8) is 0 Å². The van der Waals surface area contributed by atoms with Gasteiger partial charge in [-0.3, -0.25) is 4.99 Å². The first-order valence-electron chi connectivity index (χ1n) is 7.36. The Bertz CT molecular complexity index is 226. The summed E-state index contributed by atoms with van der Waals surface area (Å²) in [5, 5.41) is 0. The van der Waals surface area contributed by atoms with Crippen LogP contribution in [0.25, 0.3) is 0 Å². The minimum absolute atomic E-state index is 0.579. The van der Waals surface area contributed by atoms with Crippen molar-refractivity contribution in [3.8, 4) is 0 Å². The van der Waals surface area contributed by atoms with E-state index in [0.717, 1.165) is 19.0 Å². The van der Waals surface area contributed by atoms with Crippen LogP contribution in [0.5, 0.6) is 0 Å². The number of likely N-dealkylation sites (N-methyl/N-ethyl adjacent to an activating group) is 1. The first-order valence-corrected chi connectivity index (χ1v) is 7.36. The van der Waals surface area contributed by atoms with Crippen LogP contribution in [0.2, 0.25) is 0 Å². The first kappa shape index (κ1) is 14.3. The van der Waals surface area contributed by atoms with Crippen molar-refractivity contribution in [1.82, 2.24) is 4.90 Å². The van der Waals surface area contributed by atoms with E-state index >= 15 is 0 Å². The Kier molecular flexibility index (Phi) is 7.06. The minimum Gasteiger partial charge on any atom is -0.370 e. The van der Waals surface area contributed by atoms with Gasteiger partial charge in [0.2, 0.25) is 0 Å². The fraction of sp³-hybridized carbons (Fsp3) is 0.929. The second-order valence-electron chi connectivity index (χ2n) is 5.05. The molecule has 0 fully saturated rings. The summed E-state index contributed by atoms with van der Waals surface area (Å²) in [6.07, 6.45) is 10.9. The van der Waals surface area contributed by atoms with E-state index in [9.17, 15) is 0 Å². The SMILES string of the molecule is CCCCCCCCCC1CN=C(N)N1CC. The molecule has 0 amide bonds. The third kappa shape index (κ3) is 4.97. The van der Waals surface area contributed by atoms with Gasteiger partial charge in [0.05, 0.1) is 12.6 Å². The molecular formula is C14H29N3. The van der Waals surface area contributed by atoms with E-state index in [2.05, 4.69) is 23.7 Å². The van der Waals surface area contributed by atoms with Crippen molar-refractivity contribution in [3.05, 3.63) is 0 Å². The van der Waals surface area contributed by atoms with Gasteiger partial charge in [-0.15, -0.1) is 0 Å². The molecule has 0 aromatic carbocycles. The maximum absolute atomic E-state index is 5.84. The average molecular weight is 239 g/mol. The molecule has 0 spiro atoms. The lowest BCUT2D eigenvalue weighted by Gasteiger charge is -2.24. The Morgan fingerprint density at radius 1 is 1.12 bits per heavy atom. The minimum atomic E-state index is 0.579. The molecular weight excluding hydrogens is 210 g/mol. The Morgan fingerprint density at radius 2 is 1.76 bits per heavy atom. The zero-order chi connectivity index (χ0) is 12.5. The monoisotopic (exact) mass is 239 g/mol. The largest absolute Gasteiger partial charge is 0.370 e. The van der Waals surface area contributed by atoms with Crippen molar-refractivity contribution >= 4 is 5.96 Å². The van der Waals surface area contributed by atoms with Crippen LogP contribution in [0.1, 0.15) is 65.2 Å². The molecule has 100 valence electrons. The Hall–Kier alpha value is -0.730. The molecule has 0 aliphatic carbocycles. The van der Waals surface area contributed by atoms with Crippen molar-refractivity contribution in [1.29, 1.82) is 0 Å². The lowest BCUT2D eigenvalue weighted by Crippen LogP contribution is -2.40. The third-order valence-corrected chi connectivity index (χ3v) is 3.68. The standard InChI is InChI=1S/C14H29N3/c1-3-5-6-7-8-9-10-11-13-12-16-14(15)17(13)4-2/h13H,3-12H2,1-2H3,(H2,15,16). The molecule has 0 saturated heterocycles. The van der Waals surface area contributed by atoms with Crippen molar-refractivity contribution in [2.75, 3.05) is 13.1 Å². The fourth-order valence-electron chi connectivity index (χ4n) is 2.58. The molecule has 3 heteroatoms. The summed E-state index contributed by atoms with van der Waals surface area (Å²) in [7, 11) is 0. The number of guanidine groups is 1. The smallest absolute Gasteiger partial charge is 0.191 e. The number of nitrogens with two attached hydrogens (primary N) is 1. The van der Waals surface area contributed by atoms with Gasteiger partial charge < -0.3 is 10.6 Å². The van der Waals surface area contributed by atoms with Crippen LogP contribution in [0.4, 0.5) is 0 Å². The second kappa shape index (κ2) is 8.37. The molecule has 1 heterocycles. The van der Waals surface area contributed by atoms with Crippen LogP contribution >= 0.6 is 0 Å². The highest BCUT2D eigenvalue weighted by atomic mass is 15.3. The van der Waals surface area contributed by atoms with Crippen LogP contribution < -0.4 is 5.73 Å². The van der Waals surface area contributed by atoms with Gasteiger partial charge in [-0.25, -0.2) is 0 Å². The van der Waals surface area contributed by atoms with Crippen molar-refractivity contribution in [2.24, 2.45) is 10.7 Å². The maximum atomic E-state index is 5.84. The summed E-state index contributed by atoms with van der Waals surface area (Å²) in [5.41, 5.74) is 5.84. The molecule has 1 rings (SSSR count). The summed E-state index contributed by atoms with van der Waals surface area (Å²) in [4.78, 5) is 6.58. The van der Waals surface area contributed by atoms with E-state index in [1.165, 1.54) is 51.4 Å². The van der Waals surface area contributed by atoms with E-state index < -0.39 is 0 Å². The second-order valence-corrected chi connectivity index (χ2v) is 5.05. The van der Waals surface area contributed by atoms with Crippen LogP contribution in [0.3, 0.4) is 0 Å². The lowest BCUT2D eigenvalue weighted by molar-refractivity contribution is 0.328. The zero-order valence-electron chi connectivity index (χ0n) is 11.6. The van der Waals surface area contributed by atoms with Gasteiger partial charge in [-0.05, 0) is 13.3 Å². The van der Waals surface area contributed by atoms with E-state index in [0.29, 0.717) is 6.04 Å². The van der Waals surface area contributed by atoms with Gasteiger partial charge in [-0.1, -0.05) is 51.9 Å². The van der Waals surface area contributed by atoms with Gasteiger partial charge in [0, 0.05) is 6.54 Å². The fourth-order valence-corrected chi connectivity index (χ4v) is 2.58. The summed E-state index contributed by atoms with van der Waals surface area (Å²) < 4.78 is 0. The van der Waals surface area contributed by atoms with Crippen LogP contribution in [-0.4, -0.2) is 30.0 Å².